The number of benzene rings is 2. The first-order valence-corrected chi connectivity index (χ1v) is 13.5. The minimum Gasteiger partial charge on any atom is -0.388 e. The molecule has 2 aliphatic rings. The first kappa shape index (κ1) is 26.3. The predicted octanol–water partition coefficient (Wildman–Crippen LogP) is 6.30. The highest BCUT2D eigenvalue weighted by Crippen LogP contribution is 2.44. The first-order valence-electron chi connectivity index (χ1n) is 13.5. The highest BCUT2D eigenvalue weighted by atomic mass is 19.1. The molecular formula is C30H38F3N3O. The molecule has 37 heavy (non-hydrogen) atoms. The lowest BCUT2D eigenvalue weighted by molar-refractivity contribution is -0.00583. The summed E-state index contributed by atoms with van der Waals surface area (Å²) in [4.78, 5) is 7.53. The van der Waals surface area contributed by atoms with Gasteiger partial charge >= 0.3 is 0 Å². The maximum Gasteiger partial charge on any atom is 0.131 e. The van der Waals surface area contributed by atoms with Gasteiger partial charge in [-0.15, -0.1) is 0 Å². The molecule has 2 aliphatic heterocycles. The number of hydrogen-bond acceptors (Lipinski definition) is 3. The van der Waals surface area contributed by atoms with Crippen molar-refractivity contribution in [2.45, 2.75) is 70.8 Å². The summed E-state index contributed by atoms with van der Waals surface area (Å²) in [7, 11) is 0. The number of aliphatic hydroxyl groups excluding tert-OH is 1. The third kappa shape index (κ3) is 5.06. The molecule has 3 atom stereocenters. The van der Waals surface area contributed by atoms with Gasteiger partial charge in [-0.25, -0.2) is 13.2 Å². The molecule has 2 N–H and O–H groups in total. The minimum atomic E-state index is -1.55. The van der Waals surface area contributed by atoms with Crippen molar-refractivity contribution in [3.05, 3.63) is 70.4 Å². The molecular weight excluding hydrogens is 475 g/mol. The number of fused-ring (bicyclic) bond motifs is 3. The van der Waals surface area contributed by atoms with Gasteiger partial charge in [-0.1, -0.05) is 31.5 Å². The van der Waals surface area contributed by atoms with Crippen LogP contribution in [0.5, 0.6) is 0 Å². The molecule has 4 nitrogen and oxygen atoms in total. The molecule has 0 aliphatic carbocycles. The Kier molecular flexibility index (Phi) is 7.16. The van der Waals surface area contributed by atoms with Crippen LogP contribution >= 0.6 is 0 Å². The fraction of sp³-hybridized carbons (Fsp3) is 0.533. The average Bonchev–Trinajstić information content (AvgIpc) is 3.16. The van der Waals surface area contributed by atoms with Gasteiger partial charge in [-0.05, 0) is 69.5 Å². The van der Waals surface area contributed by atoms with E-state index in [1.54, 1.807) is 0 Å². The number of aliphatic hydroxyl groups is 1. The van der Waals surface area contributed by atoms with Crippen molar-refractivity contribution in [2.75, 3.05) is 26.2 Å². The maximum atomic E-state index is 15.9. The van der Waals surface area contributed by atoms with Crippen molar-refractivity contribution >= 4 is 10.9 Å². The zero-order valence-corrected chi connectivity index (χ0v) is 22.2. The molecule has 3 aromatic rings. The highest BCUT2D eigenvalue weighted by molar-refractivity contribution is 5.85. The largest absolute Gasteiger partial charge is 0.388 e. The van der Waals surface area contributed by atoms with E-state index >= 15 is 8.78 Å². The van der Waals surface area contributed by atoms with Gasteiger partial charge in [-0.3, -0.25) is 4.90 Å². The number of nitrogens with zero attached hydrogens (tertiary/aromatic N) is 2. The number of unbranched alkanes of at least 4 members (excludes halogenated alkanes) is 1. The Morgan fingerprint density at radius 2 is 1.81 bits per heavy atom. The molecule has 5 rings (SSSR count). The number of hydrogen-bond donors (Lipinski definition) is 2. The van der Waals surface area contributed by atoms with Crippen LogP contribution in [0.15, 0.2) is 36.4 Å². The molecule has 0 radical (unpaired) electrons. The second-order valence-corrected chi connectivity index (χ2v) is 11.6. The topological polar surface area (TPSA) is 42.5 Å². The van der Waals surface area contributed by atoms with Crippen LogP contribution in [-0.4, -0.2) is 57.8 Å². The molecule has 1 fully saturated rings. The Balaban J connectivity index is 1.52. The van der Waals surface area contributed by atoms with Crippen molar-refractivity contribution in [1.29, 1.82) is 0 Å². The Bertz CT molecular complexity index is 1240. The third-order valence-corrected chi connectivity index (χ3v) is 8.05. The lowest BCUT2D eigenvalue weighted by atomic mass is 9.85. The number of alkyl halides is 1. The molecule has 1 aromatic heterocycles. The van der Waals surface area contributed by atoms with Crippen LogP contribution in [0.4, 0.5) is 13.2 Å². The highest BCUT2D eigenvalue weighted by Gasteiger charge is 2.41. The average molecular weight is 514 g/mol. The Hall–Kier alpha value is -2.35. The summed E-state index contributed by atoms with van der Waals surface area (Å²) < 4.78 is 46.7. The molecule has 3 heterocycles. The Labute approximate surface area is 217 Å². The summed E-state index contributed by atoms with van der Waals surface area (Å²) in [5.74, 6) is -1.46. The molecule has 2 aromatic carbocycles. The number of aromatic amines is 1. The smallest absolute Gasteiger partial charge is 0.131 e. The maximum absolute atomic E-state index is 15.9. The molecule has 0 spiro atoms. The summed E-state index contributed by atoms with van der Waals surface area (Å²) >= 11 is 0. The SMILES string of the molecule is CCCCN1CC([C@H](O)c2cc(F)c([C@@H]3c4[nH]c5ccccc5c4C[C@@H](C)N3CC(C)(C)F)c(F)c2)C1. The normalized spacial score (nSPS) is 22.3. The number of aromatic nitrogens is 1. The van der Waals surface area contributed by atoms with Gasteiger partial charge in [0, 0.05) is 53.8 Å². The minimum absolute atomic E-state index is 0.0343. The second kappa shape index (κ2) is 10.1. The number of H-pyrrole nitrogens is 1. The van der Waals surface area contributed by atoms with Crippen molar-refractivity contribution in [2.24, 2.45) is 5.92 Å². The molecule has 0 bridgehead atoms. The van der Waals surface area contributed by atoms with Crippen LogP contribution in [0.25, 0.3) is 10.9 Å². The van der Waals surface area contributed by atoms with E-state index in [1.165, 1.54) is 26.0 Å². The monoisotopic (exact) mass is 513 g/mol. The van der Waals surface area contributed by atoms with Crippen LogP contribution in [0, 0.1) is 17.6 Å². The van der Waals surface area contributed by atoms with Gasteiger partial charge in [0.05, 0.1) is 12.1 Å². The van der Waals surface area contributed by atoms with Crippen molar-refractivity contribution in [3.63, 3.8) is 0 Å². The summed E-state index contributed by atoms with van der Waals surface area (Å²) in [5.41, 5.74) is 1.24. The summed E-state index contributed by atoms with van der Waals surface area (Å²) in [6.07, 6.45) is 1.94. The van der Waals surface area contributed by atoms with E-state index in [0.717, 1.165) is 48.9 Å². The summed E-state index contributed by atoms with van der Waals surface area (Å²) in [5, 5.41) is 11.9. The molecule has 0 amide bonds. The van der Waals surface area contributed by atoms with Gasteiger partial charge in [0.25, 0.3) is 0 Å². The predicted molar refractivity (Wildman–Crippen MR) is 141 cm³/mol. The number of nitrogens with one attached hydrogen (secondary N) is 1. The molecule has 0 saturated carbocycles. The summed E-state index contributed by atoms with van der Waals surface area (Å²) in [6, 6.07) is 9.46. The van der Waals surface area contributed by atoms with Crippen LogP contribution in [0.1, 0.15) is 75.1 Å². The lowest BCUT2D eigenvalue weighted by Gasteiger charge is -2.43. The molecule has 200 valence electrons. The van der Waals surface area contributed by atoms with Crippen molar-refractivity contribution in [1.82, 2.24) is 14.8 Å². The van der Waals surface area contributed by atoms with Gasteiger partial charge < -0.3 is 15.0 Å². The Morgan fingerprint density at radius 3 is 2.46 bits per heavy atom. The van der Waals surface area contributed by atoms with Crippen LogP contribution < -0.4 is 0 Å². The van der Waals surface area contributed by atoms with E-state index in [-0.39, 0.29) is 29.6 Å². The van der Waals surface area contributed by atoms with E-state index in [4.69, 9.17) is 0 Å². The van der Waals surface area contributed by atoms with E-state index in [2.05, 4.69) is 16.8 Å². The standard InChI is InChI=1S/C30H38F3N3O/c1-5-6-11-35-15-20(16-35)29(37)19-13-23(31)26(24(32)14-19)28-27-22(21-9-7-8-10-25(21)34-27)12-18(2)36(28)17-30(3,4)33/h7-10,13-14,18,20,28-29,34,37H,5-6,11-12,15-17H2,1-4H3/t18-,28-,29-/m1/s1. The van der Waals surface area contributed by atoms with Crippen LogP contribution in [-0.2, 0) is 6.42 Å². The molecule has 1 saturated heterocycles. The third-order valence-electron chi connectivity index (χ3n) is 8.05. The van der Waals surface area contributed by atoms with Gasteiger partial charge in [0.1, 0.15) is 17.3 Å². The zero-order chi connectivity index (χ0) is 26.5. The van der Waals surface area contributed by atoms with Crippen molar-refractivity contribution < 1.29 is 18.3 Å². The van der Waals surface area contributed by atoms with E-state index in [9.17, 15) is 9.50 Å². The molecule has 7 heteroatoms. The Morgan fingerprint density at radius 1 is 1.14 bits per heavy atom. The second-order valence-electron chi connectivity index (χ2n) is 11.6. The molecule has 0 unspecified atom stereocenters. The van der Waals surface area contributed by atoms with Gasteiger partial charge in [-0.2, -0.15) is 0 Å². The van der Waals surface area contributed by atoms with Crippen LogP contribution in [0.2, 0.25) is 0 Å². The van der Waals surface area contributed by atoms with E-state index < -0.39 is 29.4 Å². The van der Waals surface area contributed by atoms with Crippen molar-refractivity contribution in [3.8, 4) is 0 Å². The van der Waals surface area contributed by atoms with Crippen LogP contribution in [0.3, 0.4) is 0 Å². The fourth-order valence-electron chi connectivity index (χ4n) is 6.18. The quantitative estimate of drug-likeness (QED) is 0.372. The lowest BCUT2D eigenvalue weighted by Crippen LogP contribution is -2.49. The van der Waals surface area contributed by atoms with E-state index in [1.807, 2.05) is 36.1 Å². The fourth-order valence-corrected chi connectivity index (χ4v) is 6.18. The number of para-hydroxylation sites is 1. The van der Waals surface area contributed by atoms with Gasteiger partial charge in [0.15, 0.2) is 0 Å². The summed E-state index contributed by atoms with van der Waals surface area (Å²) in [6.45, 7) is 9.58. The van der Waals surface area contributed by atoms with E-state index in [0.29, 0.717) is 12.1 Å². The number of likely N-dealkylation sites (tertiary alicyclic amines) is 1. The first-order chi connectivity index (χ1) is 17.6. The number of rotatable bonds is 8. The zero-order valence-electron chi connectivity index (χ0n) is 22.2. The van der Waals surface area contributed by atoms with Gasteiger partial charge in [0.2, 0.25) is 0 Å². The number of halogens is 3.